The van der Waals surface area contributed by atoms with Crippen LogP contribution in [-0.2, 0) is 13.0 Å². The van der Waals surface area contributed by atoms with E-state index in [9.17, 15) is 0 Å². The first-order chi connectivity index (χ1) is 9.56. The predicted molar refractivity (Wildman–Crippen MR) is 84.4 cm³/mol. The molecule has 0 unspecified atom stereocenters. The Hall–Kier alpha value is -0.990. The number of hydrogen-bond donors (Lipinski definition) is 1. The van der Waals surface area contributed by atoms with Crippen molar-refractivity contribution in [3.63, 3.8) is 0 Å². The first-order valence-electron chi connectivity index (χ1n) is 7.49. The third-order valence-corrected chi connectivity index (χ3v) is 4.22. The second-order valence-electron chi connectivity index (χ2n) is 6.33. The maximum atomic E-state index is 6.31. The molecule has 0 aliphatic heterocycles. The molecule has 1 saturated carbocycles. The molecular formula is C17H22ClNO. The molecule has 1 aliphatic carbocycles. The van der Waals surface area contributed by atoms with Crippen molar-refractivity contribution in [2.45, 2.75) is 52.6 Å². The van der Waals surface area contributed by atoms with Crippen molar-refractivity contribution >= 4 is 22.6 Å². The van der Waals surface area contributed by atoms with E-state index >= 15 is 0 Å². The zero-order chi connectivity index (χ0) is 14.3. The van der Waals surface area contributed by atoms with Crippen LogP contribution in [0.15, 0.2) is 16.5 Å². The molecule has 0 radical (unpaired) electrons. The summed E-state index contributed by atoms with van der Waals surface area (Å²) in [6, 6.07) is 4.70. The largest absolute Gasteiger partial charge is 0.458 e. The van der Waals surface area contributed by atoms with E-state index in [0.717, 1.165) is 24.3 Å². The van der Waals surface area contributed by atoms with Crippen molar-refractivity contribution in [3.05, 3.63) is 34.0 Å². The molecule has 2 aromatic rings. The fourth-order valence-corrected chi connectivity index (χ4v) is 2.94. The van der Waals surface area contributed by atoms with Crippen LogP contribution >= 0.6 is 11.6 Å². The Balaban J connectivity index is 2.05. The van der Waals surface area contributed by atoms with Crippen LogP contribution in [0.5, 0.6) is 0 Å². The highest BCUT2D eigenvalue weighted by Crippen LogP contribution is 2.35. The van der Waals surface area contributed by atoms with E-state index in [0.29, 0.717) is 17.0 Å². The van der Waals surface area contributed by atoms with Gasteiger partial charge in [0.15, 0.2) is 5.58 Å². The zero-order valence-electron chi connectivity index (χ0n) is 12.4. The Labute approximate surface area is 125 Å². The summed E-state index contributed by atoms with van der Waals surface area (Å²) in [7, 11) is 0. The number of benzene rings is 1. The molecule has 108 valence electrons. The smallest absolute Gasteiger partial charge is 0.153 e. The van der Waals surface area contributed by atoms with E-state index in [1.165, 1.54) is 29.4 Å². The molecule has 0 spiro atoms. The van der Waals surface area contributed by atoms with Crippen molar-refractivity contribution in [2.75, 3.05) is 0 Å². The molecule has 1 aromatic heterocycles. The van der Waals surface area contributed by atoms with Gasteiger partial charge in [0.25, 0.3) is 0 Å². The average molecular weight is 292 g/mol. The van der Waals surface area contributed by atoms with E-state index in [1.807, 2.05) is 6.07 Å². The Kier molecular flexibility index (Phi) is 3.78. The van der Waals surface area contributed by atoms with Gasteiger partial charge in [-0.1, -0.05) is 31.5 Å². The third-order valence-electron chi connectivity index (χ3n) is 3.92. The Bertz CT molecular complexity index is 625. The molecule has 2 nitrogen and oxygen atoms in total. The fraction of sp³-hybridized carbons (Fsp3) is 0.529. The number of furan rings is 1. The quantitative estimate of drug-likeness (QED) is 0.852. The molecule has 3 rings (SSSR count). The molecule has 1 heterocycles. The van der Waals surface area contributed by atoms with Gasteiger partial charge in [-0.25, -0.2) is 0 Å². The molecule has 20 heavy (non-hydrogen) atoms. The topological polar surface area (TPSA) is 25.2 Å². The van der Waals surface area contributed by atoms with Gasteiger partial charge in [0, 0.05) is 17.0 Å². The summed E-state index contributed by atoms with van der Waals surface area (Å²) in [5.74, 6) is 1.67. The summed E-state index contributed by atoms with van der Waals surface area (Å²) in [5, 5.41) is 5.49. The second kappa shape index (κ2) is 5.42. The minimum absolute atomic E-state index is 0.605. The molecule has 1 fully saturated rings. The van der Waals surface area contributed by atoms with Gasteiger partial charge in [0.1, 0.15) is 5.76 Å². The molecule has 1 aromatic carbocycles. The first-order valence-corrected chi connectivity index (χ1v) is 7.86. The minimum atomic E-state index is 0.605. The molecule has 3 heteroatoms. The molecule has 0 amide bonds. The summed E-state index contributed by atoms with van der Waals surface area (Å²) in [4.78, 5) is 0. The monoisotopic (exact) mass is 291 g/mol. The van der Waals surface area contributed by atoms with Crippen molar-refractivity contribution in [3.8, 4) is 0 Å². The van der Waals surface area contributed by atoms with Crippen LogP contribution in [0.2, 0.25) is 5.02 Å². The Morgan fingerprint density at radius 1 is 1.35 bits per heavy atom. The van der Waals surface area contributed by atoms with Crippen molar-refractivity contribution in [1.29, 1.82) is 0 Å². The van der Waals surface area contributed by atoms with Crippen LogP contribution < -0.4 is 5.32 Å². The van der Waals surface area contributed by atoms with Gasteiger partial charge in [-0.05, 0) is 43.7 Å². The normalized spacial score (nSPS) is 15.4. The SMILES string of the molecule is Cc1ccc(Cl)c2oc(CNC3CC3)c(CC(C)C)c12. The number of hydrogen-bond acceptors (Lipinski definition) is 2. The first kappa shape index (κ1) is 14.0. The predicted octanol–water partition coefficient (Wildman–Crippen LogP) is 4.85. The number of fused-ring (bicyclic) bond motifs is 1. The van der Waals surface area contributed by atoms with Gasteiger partial charge in [-0.2, -0.15) is 0 Å². The van der Waals surface area contributed by atoms with E-state index in [-0.39, 0.29) is 0 Å². The van der Waals surface area contributed by atoms with Crippen molar-refractivity contribution < 1.29 is 4.42 Å². The minimum Gasteiger partial charge on any atom is -0.458 e. The van der Waals surface area contributed by atoms with Crippen LogP contribution in [0.1, 0.15) is 43.6 Å². The molecular weight excluding hydrogens is 270 g/mol. The molecule has 0 saturated heterocycles. The summed E-state index contributed by atoms with van der Waals surface area (Å²) in [5.41, 5.74) is 3.44. The lowest BCUT2D eigenvalue weighted by Crippen LogP contribution is -2.16. The molecule has 0 atom stereocenters. The van der Waals surface area contributed by atoms with Crippen LogP contribution in [0.25, 0.3) is 11.0 Å². The lowest BCUT2D eigenvalue weighted by atomic mass is 9.97. The summed E-state index contributed by atoms with van der Waals surface area (Å²) in [6.45, 7) is 7.45. The standard InChI is InChI=1S/C17H22ClNO/c1-10(2)8-13-15(9-19-12-5-6-12)20-17-14(18)7-4-11(3)16(13)17/h4,7,10,12,19H,5-6,8-9H2,1-3H3. The van der Waals surface area contributed by atoms with Crippen LogP contribution in [0, 0.1) is 12.8 Å². The van der Waals surface area contributed by atoms with Crippen LogP contribution in [-0.4, -0.2) is 6.04 Å². The highest BCUT2D eigenvalue weighted by Gasteiger charge is 2.23. The maximum Gasteiger partial charge on any atom is 0.153 e. The lowest BCUT2D eigenvalue weighted by Gasteiger charge is -2.08. The highest BCUT2D eigenvalue weighted by molar-refractivity contribution is 6.35. The molecule has 1 N–H and O–H groups in total. The fourth-order valence-electron chi connectivity index (χ4n) is 2.75. The Morgan fingerprint density at radius 2 is 2.10 bits per heavy atom. The summed E-state index contributed by atoms with van der Waals surface area (Å²) < 4.78 is 6.10. The highest BCUT2D eigenvalue weighted by atomic mass is 35.5. The van der Waals surface area contributed by atoms with E-state index < -0.39 is 0 Å². The van der Waals surface area contributed by atoms with Gasteiger partial charge < -0.3 is 9.73 Å². The maximum absolute atomic E-state index is 6.31. The van der Waals surface area contributed by atoms with Crippen molar-refractivity contribution in [1.82, 2.24) is 5.32 Å². The van der Waals surface area contributed by atoms with Crippen LogP contribution in [0.3, 0.4) is 0 Å². The second-order valence-corrected chi connectivity index (χ2v) is 6.73. The van der Waals surface area contributed by atoms with Crippen LogP contribution in [0.4, 0.5) is 0 Å². The number of halogens is 1. The van der Waals surface area contributed by atoms with Gasteiger partial charge >= 0.3 is 0 Å². The molecule has 0 bridgehead atoms. The average Bonchev–Trinajstić information content (AvgIpc) is 3.14. The van der Waals surface area contributed by atoms with E-state index in [2.05, 4.69) is 32.2 Å². The number of nitrogens with one attached hydrogen (secondary N) is 1. The summed E-state index contributed by atoms with van der Waals surface area (Å²) in [6.07, 6.45) is 3.62. The lowest BCUT2D eigenvalue weighted by molar-refractivity contribution is 0.500. The van der Waals surface area contributed by atoms with Gasteiger partial charge in [0.2, 0.25) is 0 Å². The number of aryl methyl sites for hydroxylation is 1. The van der Waals surface area contributed by atoms with Gasteiger partial charge in [0.05, 0.1) is 11.6 Å². The molecule has 1 aliphatic rings. The zero-order valence-corrected chi connectivity index (χ0v) is 13.2. The van der Waals surface area contributed by atoms with Crippen molar-refractivity contribution in [2.24, 2.45) is 5.92 Å². The van der Waals surface area contributed by atoms with E-state index in [4.69, 9.17) is 16.0 Å². The Morgan fingerprint density at radius 3 is 2.75 bits per heavy atom. The van der Waals surface area contributed by atoms with E-state index in [1.54, 1.807) is 0 Å². The van der Waals surface area contributed by atoms with Gasteiger partial charge in [-0.15, -0.1) is 0 Å². The summed E-state index contributed by atoms with van der Waals surface area (Å²) >= 11 is 6.31. The third kappa shape index (κ3) is 2.72. The number of rotatable bonds is 5. The van der Waals surface area contributed by atoms with Gasteiger partial charge in [-0.3, -0.25) is 0 Å².